The van der Waals surface area contributed by atoms with E-state index in [1.54, 1.807) is 48.5 Å². The van der Waals surface area contributed by atoms with E-state index >= 15 is 0 Å². The van der Waals surface area contributed by atoms with Gasteiger partial charge in [-0.1, -0.05) is 49.4 Å². The Bertz CT molecular complexity index is 1190. The summed E-state index contributed by atoms with van der Waals surface area (Å²) in [5, 5.41) is 5.68. The highest BCUT2D eigenvalue weighted by molar-refractivity contribution is 6.06. The van der Waals surface area contributed by atoms with Gasteiger partial charge in [0.1, 0.15) is 11.5 Å². The molecule has 0 aliphatic heterocycles. The minimum absolute atomic E-state index is 0.0242. The summed E-state index contributed by atoms with van der Waals surface area (Å²) in [7, 11) is 0. The van der Waals surface area contributed by atoms with Gasteiger partial charge in [-0.2, -0.15) is 0 Å². The zero-order chi connectivity index (χ0) is 25.9. The van der Waals surface area contributed by atoms with Gasteiger partial charge in [0.2, 0.25) is 5.91 Å². The Kier molecular flexibility index (Phi) is 9.63. The molecule has 0 unspecified atom stereocenters. The number of amides is 2. The Morgan fingerprint density at radius 2 is 1.28 bits per heavy atom. The van der Waals surface area contributed by atoms with E-state index in [4.69, 9.17) is 9.47 Å². The van der Waals surface area contributed by atoms with E-state index in [0.717, 1.165) is 12.0 Å². The van der Waals surface area contributed by atoms with Gasteiger partial charge in [-0.3, -0.25) is 14.4 Å². The largest absolute Gasteiger partial charge is 0.492 e. The number of ketones is 1. The highest BCUT2D eigenvalue weighted by atomic mass is 16.5. The Morgan fingerprint density at radius 1 is 0.694 bits per heavy atom. The Labute approximate surface area is 211 Å². The number of hydrogen-bond acceptors (Lipinski definition) is 5. The van der Waals surface area contributed by atoms with Crippen molar-refractivity contribution >= 4 is 29.0 Å². The molecule has 0 bridgehead atoms. The van der Waals surface area contributed by atoms with E-state index in [2.05, 4.69) is 17.6 Å². The maximum Gasteiger partial charge on any atom is 0.255 e. The molecule has 3 aromatic carbocycles. The molecule has 0 fully saturated rings. The summed E-state index contributed by atoms with van der Waals surface area (Å²) >= 11 is 0. The smallest absolute Gasteiger partial charge is 0.255 e. The van der Waals surface area contributed by atoms with Crippen molar-refractivity contribution in [1.29, 1.82) is 0 Å². The van der Waals surface area contributed by atoms with Crippen LogP contribution in [-0.4, -0.2) is 30.8 Å². The van der Waals surface area contributed by atoms with E-state index in [1.165, 1.54) is 0 Å². The number of aryl methyl sites for hydroxylation is 1. The molecule has 2 N–H and O–H groups in total. The SMILES string of the molecule is CCOc1cc(NC(=O)c2ccccc2)c(OCC)cc1NC(=O)CCC(=O)c1ccc(CC)cc1. The van der Waals surface area contributed by atoms with Crippen LogP contribution in [0.4, 0.5) is 11.4 Å². The lowest BCUT2D eigenvalue weighted by atomic mass is 10.0. The van der Waals surface area contributed by atoms with Crippen LogP contribution in [0, 0.1) is 0 Å². The molecule has 0 saturated heterocycles. The fourth-order valence-corrected chi connectivity index (χ4v) is 3.60. The van der Waals surface area contributed by atoms with Crippen LogP contribution in [0.1, 0.15) is 59.9 Å². The lowest BCUT2D eigenvalue weighted by Gasteiger charge is -2.18. The van der Waals surface area contributed by atoms with Crippen LogP contribution in [0.5, 0.6) is 11.5 Å². The van der Waals surface area contributed by atoms with Gasteiger partial charge in [0.05, 0.1) is 24.6 Å². The number of rotatable bonds is 12. The van der Waals surface area contributed by atoms with Crippen LogP contribution in [0.25, 0.3) is 0 Å². The molecule has 2 amide bonds. The normalized spacial score (nSPS) is 10.4. The third kappa shape index (κ3) is 7.18. The van der Waals surface area contributed by atoms with Gasteiger partial charge >= 0.3 is 0 Å². The molecule has 7 nitrogen and oxygen atoms in total. The summed E-state index contributed by atoms with van der Waals surface area (Å²) in [6.07, 6.45) is 1.01. The number of ether oxygens (including phenoxy) is 2. The van der Waals surface area contributed by atoms with Crippen molar-refractivity contribution in [2.24, 2.45) is 0 Å². The summed E-state index contributed by atoms with van der Waals surface area (Å²) in [6.45, 7) is 6.43. The van der Waals surface area contributed by atoms with Crippen LogP contribution in [0.15, 0.2) is 66.7 Å². The summed E-state index contributed by atoms with van der Waals surface area (Å²) in [4.78, 5) is 37.9. The van der Waals surface area contributed by atoms with Crippen molar-refractivity contribution in [3.63, 3.8) is 0 Å². The minimum Gasteiger partial charge on any atom is -0.492 e. The number of carbonyl (C=O) groups excluding carboxylic acids is 3. The first-order chi connectivity index (χ1) is 17.4. The summed E-state index contributed by atoms with van der Waals surface area (Å²) in [5.41, 5.74) is 3.08. The molecule has 0 atom stereocenters. The number of nitrogens with one attached hydrogen (secondary N) is 2. The monoisotopic (exact) mass is 488 g/mol. The van der Waals surface area contributed by atoms with E-state index < -0.39 is 0 Å². The maximum atomic E-state index is 12.7. The van der Waals surface area contributed by atoms with Gasteiger partial charge in [-0.25, -0.2) is 0 Å². The molecule has 36 heavy (non-hydrogen) atoms. The average molecular weight is 489 g/mol. The van der Waals surface area contributed by atoms with E-state index in [1.807, 2.05) is 32.0 Å². The molecule has 0 aromatic heterocycles. The molecule has 3 aromatic rings. The second-order valence-electron chi connectivity index (χ2n) is 8.05. The van der Waals surface area contributed by atoms with Gasteiger partial charge < -0.3 is 20.1 Å². The van der Waals surface area contributed by atoms with Crippen LogP contribution in [0.3, 0.4) is 0 Å². The third-order valence-electron chi connectivity index (χ3n) is 5.50. The van der Waals surface area contributed by atoms with Gasteiger partial charge in [-0.15, -0.1) is 0 Å². The predicted molar refractivity (Wildman–Crippen MR) is 141 cm³/mol. The number of hydrogen-bond donors (Lipinski definition) is 2. The molecular formula is C29H32N2O5. The van der Waals surface area contributed by atoms with Crippen molar-refractivity contribution in [3.05, 3.63) is 83.4 Å². The van der Waals surface area contributed by atoms with Crippen LogP contribution < -0.4 is 20.1 Å². The van der Waals surface area contributed by atoms with Crippen LogP contribution in [0.2, 0.25) is 0 Å². The van der Waals surface area contributed by atoms with E-state index in [0.29, 0.717) is 47.2 Å². The molecule has 0 aliphatic rings. The summed E-state index contributed by atoms with van der Waals surface area (Å²) in [6, 6.07) is 19.5. The van der Waals surface area contributed by atoms with Gasteiger partial charge in [-0.05, 0) is 38.0 Å². The molecule has 7 heteroatoms. The molecular weight excluding hydrogens is 456 g/mol. The van der Waals surface area contributed by atoms with Crippen molar-refractivity contribution in [2.75, 3.05) is 23.8 Å². The fourth-order valence-electron chi connectivity index (χ4n) is 3.60. The quantitative estimate of drug-likeness (QED) is 0.310. The number of carbonyl (C=O) groups is 3. The van der Waals surface area contributed by atoms with Crippen molar-refractivity contribution in [1.82, 2.24) is 0 Å². The second-order valence-corrected chi connectivity index (χ2v) is 8.05. The maximum absolute atomic E-state index is 12.7. The minimum atomic E-state index is -0.321. The lowest BCUT2D eigenvalue weighted by Crippen LogP contribution is -2.16. The first kappa shape index (κ1) is 26.5. The number of anilines is 2. The first-order valence-electron chi connectivity index (χ1n) is 12.2. The number of Topliss-reactive ketones (excluding diaryl/α,β-unsaturated/α-hetero) is 1. The van der Waals surface area contributed by atoms with Crippen molar-refractivity contribution in [3.8, 4) is 11.5 Å². The van der Waals surface area contributed by atoms with Gasteiger partial charge in [0, 0.05) is 36.1 Å². The highest BCUT2D eigenvalue weighted by Gasteiger charge is 2.17. The zero-order valence-corrected chi connectivity index (χ0v) is 20.9. The van der Waals surface area contributed by atoms with Crippen LogP contribution >= 0.6 is 0 Å². The van der Waals surface area contributed by atoms with Gasteiger partial charge in [0.15, 0.2) is 5.78 Å². The Balaban J connectivity index is 1.73. The molecule has 3 rings (SSSR count). The van der Waals surface area contributed by atoms with Crippen LogP contribution in [-0.2, 0) is 11.2 Å². The van der Waals surface area contributed by atoms with E-state index in [-0.39, 0.29) is 30.4 Å². The van der Waals surface area contributed by atoms with Crippen molar-refractivity contribution < 1.29 is 23.9 Å². The van der Waals surface area contributed by atoms with Gasteiger partial charge in [0.25, 0.3) is 5.91 Å². The molecule has 0 radical (unpaired) electrons. The molecule has 0 saturated carbocycles. The molecule has 0 spiro atoms. The average Bonchev–Trinajstić information content (AvgIpc) is 2.90. The Morgan fingerprint density at radius 3 is 1.83 bits per heavy atom. The third-order valence-corrected chi connectivity index (χ3v) is 5.50. The molecule has 0 aliphatic carbocycles. The standard InChI is InChI=1S/C29H32N2O5/c1-4-20-12-14-21(15-13-20)25(32)16-17-28(33)30-23-18-27(36-6-3)24(19-26(23)35-5-2)31-29(34)22-10-8-7-9-11-22/h7-15,18-19H,4-6,16-17H2,1-3H3,(H,30,33)(H,31,34). The topological polar surface area (TPSA) is 93.7 Å². The lowest BCUT2D eigenvalue weighted by molar-refractivity contribution is -0.116. The fraction of sp³-hybridized carbons (Fsp3) is 0.276. The summed E-state index contributed by atoms with van der Waals surface area (Å²) in [5.74, 6) is 0.0813. The highest BCUT2D eigenvalue weighted by Crippen LogP contribution is 2.37. The van der Waals surface area contributed by atoms with E-state index in [9.17, 15) is 14.4 Å². The first-order valence-corrected chi connectivity index (χ1v) is 12.2. The second kappa shape index (κ2) is 13.1. The Hall–Kier alpha value is -4.13. The molecule has 188 valence electrons. The zero-order valence-electron chi connectivity index (χ0n) is 20.9. The predicted octanol–water partition coefficient (Wildman–Crippen LogP) is 5.90. The number of benzene rings is 3. The summed E-state index contributed by atoms with van der Waals surface area (Å²) < 4.78 is 11.5. The molecule has 0 heterocycles. The van der Waals surface area contributed by atoms with Crippen molar-refractivity contribution in [2.45, 2.75) is 40.0 Å².